The third-order valence-electron chi connectivity index (χ3n) is 1.37. The van der Waals surface area contributed by atoms with Crippen molar-refractivity contribution in [2.75, 3.05) is 7.05 Å². The van der Waals surface area contributed by atoms with Crippen LogP contribution in [0.1, 0.15) is 34.1 Å². The largest absolute Gasteiger partial charge is 0.297 e. The van der Waals surface area contributed by atoms with Crippen molar-refractivity contribution in [3.63, 3.8) is 0 Å². The van der Waals surface area contributed by atoms with Gasteiger partial charge in [0.25, 0.3) is 0 Å². The van der Waals surface area contributed by atoms with E-state index in [1.165, 1.54) is 5.71 Å². The van der Waals surface area contributed by atoms with E-state index in [0.717, 1.165) is 12.1 Å². The third kappa shape index (κ3) is 5.77. The second kappa shape index (κ2) is 5.05. The summed E-state index contributed by atoms with van der Waals surface area (Å²) < 4.78 is 0. The summed E-state index contributed by atoms with van der Waals surface area (Å²) in [5.41, 5.74) is 2.31. The molecule has 0 aromatic heterocycles. The summed E-state index contributed by atoms with van der Waals surface area (Å²) in [6.45, 7) is 8.25. The fraction of sp³-hybridized carbons (Fsp3) is 0.778. The summed E-state index contributed by atoms with van der Waals surface area (Å²) in [6.07, 6.45) is 0.911. The molecule has 0 unspecified atom stereocenters. The van der Waals surface area contributed by atoms with Crippen LogP contribution < -0.4 is 0 Å². The van der Waals surface area contributed by atoms with Crippen molar-refractivity contribution in [3.8, 4) is 0 Å². The van der Waals surface area contributed by atoms with Crippen LogP contribution in [0.3, 0.4) is 0 Å². The molecule has 0 aromatic rings. The van der Waals surface area contributed by atoms with Crippen LogP contribution in [0.25, 0.3) is 0 Å². The molecule has 0 aliphatic carbocycles. The molecule has 0 spiro atoms. The molecular formula is C9H18N2. The van der Waals surface area contributed by atoms with Crippen molar-refractivity contribution in [2.45, 2.75) is 40.2 Å². The van der Waals surface area contributed by atoms with Gasteiger partial charge in [0, 0.05) is 30.9 Å². The van der Waals surface area contributed by atoms with Gasteiger partial charge >= 0.3 is 0 Å². The van der Waals surface area contributed by atoms with Crippen LogP contribution in [0, 0.1) is 0 Å². The van der Waals surface area contributed by atoms with Gasteiger partial charge in [0.05, 0.1) is 0 Å². The summed E-state index contributed by atoms with van der Waals surface area (Å²) in [7, 11) is 1.82. The van der Waals surface area contributed by atoms with E-state index < -0.39 is 0 Å². The van der Waals surface area contributed by atoms with Gasteiger partial charge < -0.3 is 0 Å². The van der Waals surface area contributed by atoms with Gasteiger partial charge in [-0.15, -0.1) is 0 Å². The van der Waals surface area contributed by atoms with E-state index in [1.807, 2.05) is 14.0 Å². The molecule has 0 radical (unpaired) electrons. The second-order valence-corrected chi connectivity index (χ2v) is 3.09. The van der Waals surface area contributed by atoms with E-state index in [-0.39, 0.29) is 0 Å². The third-order valence-corrected chi connectivity index (χ3v) is 1.37. The normalized spacial score (nSPS) is 14.4. The Balaban J connectivity index is 3.96. The van der Waals surface area contributed by atoms with Crippen molar-refractivity contribution in [2.24, 2.45) is 9.98 Å². The Bertz CT molecular complexity index is 166. The molecule has 2 heteroatoms. The SMILES string of the molecule is CN=C(C)CC(C)=NC(C)C. The van der Waals surface area contributed by atoms with Crippen molar-refractivity contribution in [1.29, 1.82) is 0 Å². The fourth-order valence-electron chi connectivity index (χ4n) is 0.936. The number of hydrogen-bond acceptors (Lipinski definition) is 2. The van der Waals surface area contributed by atoms with Gasteiger partial charge in [-0.1, -0.05) is 0 Å². The number of hydrogen-bond donors (Lipinski definition) is 0. The molecule has 2 nitrogen and oxygen atoms in total. The lowest BCUT2D eigenvalue weighted by molar-refractivity contribution is 0.832. The maximum Gasteiger partial charge on any atom is 0.0442 e. The Labute approximate surface area is 69.4 Å². The lowest BCUT2D eigenvalue weighted by atomic mass is 10.2. The van der Waals surface area contributed by atoms with Crippen molar-refractivity contribution < 1.29 is 0 Å². The van der Waals surface area contributed by atoms with Crippen molar-refractivity contribution in [3.05, 3.63) is 0 Å². The van der Waals surface area contributed by atoms with Gasteiger partial charge in [0.15, 0.2) is 0 Å². The molecule has 0 heterocycles. The molecular weight excluding hydrogens is 136 g/mol. The first kappa shape index (κ1) is 10.3. The monoisotopic (exact) mass is 154 g/mol. The zero-order valence-electron chi connectivity index (χ0n) is 8.18. The molecule has 0 amide bonds. The molecule has 0 rings (SSSR count). The summed E-state index contributed by atoms with van der Waals surface area (Å²) in [4.78, 5) is 8.47. The van der Waals surface area contributed by atoms with Crippen molar-refractivity contribution in [1.82, 2.24) is 0 Å². The molecule has 0 aliphatic rings. The minimum Gasteiger partial charge on any atom is -0.297 e. The van der Waals surface area contributed by atoms with Crippen LogP contribution in [-0.4, -0.2) is 24.5 Å². The lowest BCUT2D eigenvalue weighted by Gasteiger charge is -2.01. The maximum atomic E-state index is 4.40. The van der Waals surface area contributed by atoms with Gasteiger partial charge in [-0.25, -0.2) is 0 Å². The first-order valence-electron chi connectivity index (χ1n) is 4.01. The molecule has 0 bridgehead atoms. The zero-order valence-corrected chi connectivity index (χ0v) is 8.18. The Hall–Kier alpha value is -0.660. The first-order chi connectivity index (χ1) is 5.06. The topological polar surface area (TPSA) is 24.7 Å². The number of nitrogens with zero attached hydrogens (tertiary/aromatic N) is 2. The Morgan fingerprint density at radius 2 is 1.73 bits per heavy atom. The molecule has 0 aromatic carbocycles. The summed E-state index contributed by atoms with van der Waals surface area (Å²) in [6, 6.07) is 0.402. The van der Waals surface area contributed by atoms with E-state index in [4.69, 9.17) is 0 Å². The number of rotatable bonds is 3. The van der Waals surface area contributed by atoms with Crippen molar-refractivity contribution >= 4 is 11.4 Å². The first-order valence-corrected chi connectivity index (χ1v) is 4.01. The highest BCUT2D eigenvalue weighted by Crippen LogP contribution is 1.94. The number of aliphatic imine (C=N–C) groups is 2. The predicted octanol–water partition coefficient (Wildman–Crippen LogP) is 2.34. The van der Waals surface area contributed by atoms with Gasteiger partial charge in [0.2, 0.25) is 0 Å². The minimum absolute atomic E-state index is 0.402. The quantitative estimate of drug-likeness (QED) is 0.557. The second-order valence-electron chi connectivity index (χ2n) is 3.09. The average molecular weight is 154 g/mol. The van der Waals surface area contributed by atoms with E-state index in [2.05, 4.69) is 30.8 Å². The minimum atomic E-state index is 0.402. The van der Waals surface area contributed by atoms with Gasteiger partial charge in [0.1, 0.15) is 0 Å². The van der Waals surface area contributed by atoms with E-state index >= 15 is 0 Å². The Morgan fingerprint density at radius 3 is 2.09 bits per heavy atom. The molecule has 0 saturated heterocycles. The summed E-state index contributed by atoms with van der Waals surface area (Å²) in [5, 5.41) is 0. The van der Waals surface area contributed by atoms with Crippen LogP contribution in [0.15, 0.2) is 9.98 Å². The summed E-state index contributed by atoms with van der Waals surface area (Å²) in [5.74, 6) is 0. The average Bonchev–Trinajstić information content (AvgIpc) is 1.85. The highest BCUT2D eigenvalue weighted by atomic mass is 14.8. The zero-order chi connectivity index (χ0) is 8.85. The molecule has 0 N–H and O–H groups in total. The highest BCUT2D eigenvalue weighted by Gasteiger charge is 1.95. The van der Waals surface area contributed by atoms with Crippen LogP contribution in [-0.2, 0) is 0 Å². The Kier molecular flexibility index (Phi) is 4.75. The Morgan fingerprint density at radius 1 is 1.18 bits per heavy atom. The van der Waals surface area contributed by atoms with E-state index in [1.54, 1.807) is 0 Å². The molecule has 0 atom stereocenters. The summed E-state index contributed by atoms with van der Waals surface area (Å²) >= 11 is 0. The predicted molar refractivity (Wildman–Crippen MR) is 51.9 cm³/mol. The fourth-order valence-corrected chi connectivity index (χ4v) is 0.936. The standard InChI is InChI=1S/C9H18N2/c1-7(2)11-9(4)6-8(3)10-5/h7H,6H2,1-5H3. The molecule has 0 saturated carbocycles. The van der Waals surface area contributed by atoms with E-state index in [9.17, 15) is 0 Å². The van der Waals surface area contributed by atoms with Crippen LogP contribution in [0.5, 0.6) is 0 Å². The van der Waals surface area contributed by atoms with Crippen LogP contribution in [0.2, 0.25) is 0 Å². The molecule has 11 heavy (non-hydrogen) atoms. The van der Waals surface area contributed by atoms with Gasteiger partial charge in [-0.05, 0) is 27.7 Å². The van der Waals surface area contributed by atoms with Gasteiger partial charge in [-0.2, -0.15) is 0 Å². The van der Waals surface area contributed by atoms with Crippen LogP contribution >= 0.6 is 0 Å². The lowest BCUT2D eigenvalue weighted by Crippen LogP contribution is -2.03. The van der Waals surface area contributed by atoms with Gasteiger partial charge in [-0.3, -0.25) is 9.98 Å². The molecule has 0 aliphatic heterocycles. The van der Waals surface area contributed by atoms with Crippen LogP contribution in [0.4, 0.5) is 0 Å². The smallest absolute Gasteiger partial charge is 0.0442 e. The molecule has 0 fully saturated rings. The maximum absolute atomic E-state index is 4.40. The molecule has 64 valence electrons. The van der Waals surface area contributed by atoms with E-state index in [0.29, 0.717) is 6.04 Å². The highest BCUT2D eigenvalue weighted by molar-refractivity contribution is 6.02.